The van der Waals surface area contributed by atoms with Gasteiger partial charge in [-0.05, 0) is 25.0 Å². The fraction of sp³-hybridized carbons (Fsp3) is 0.467. The van der Waals surface area contributed by atoms with Gasteiger partial charge < -0.3 is 14.8 Å². The molecule has 0 saturated carbocycles. The minimum absolute atomic E-state index is 0.177. The number of rotatable bonds is 6. The van der Waals surface area contributed by atoms with E-state index in [9.17, 15) is 4.79 Å². The molecule has 6 nitrogen and oxygen atoms in total. The molecule has 2 heterocycles. The molecular formula is C15H21N3O3. The quantitative estimate of drug-likeness (QED) is 0.820. The third-order valence-electron chi connectivity index (χ3n) is 3.34. The molecule has 21 heavy (non-hydrogen) atoms. The molecule has 0 aliphatic carbocycles. The van der Waals surface area contributed by atoms with Crippen molar-refractivity contribution in [1.29, 1.82) is 0 Å². The van der Waals surface area contributed by atoms with Gasteiger partial charge in [0.15, 0.2) is 6.29 Å². The van der Waals surface area contributed by atoms with E-state index in [-0.39, 0.29) is 12.5 Å². The summed E-state index contributed by atoms with van der Waals surface area (Å²) in [5.41, 5.74) is 3.20. The first-order chi connectivity index (χ1) is 10.1. The lowest BCUT2D eigenvalue weighted by Crippen LogP contribution is -2.35. The third-order valence-corrected chi connectivity index (χ3v) is 3.34. The maximum atomic E-state index is 12.5. The number of aryl methyl sites for hydroxylation is 2. The maximum Gasteiger partial charge on any atom is 0.270 e. The van der Waals surface area contributed by atoms with Crippen LogP contribution in [0.4, 0.5) is 0 Å². The van der Waals surface area contributed by atoms with Crippen LogP contribution in [0.1, 0.15) is 28.7 Å². The summed E-state index contributed by atoms with van der Waals surface area (Å²) in [4.78, 5) is 17.0. The number of ether oxygens (including phenoxy) is 2. The second-order valence-corrected chi connectivity index (χ2v) is 4.81. The molecule has 114 valence electrons. The Morgan fingerprint density at radius 1 is 1.38 bits per heavy atom. The fourth-order valence-corrected chi connectivity index (χ4v) is 2.21. The number of carbonyl (C=O) groups is 1. The minimum atomic E-state index is -0.458. The standard InChI is InChI=1S/C15H21N3O3/c1-5-11-14(15(19)16-8-13(20-3)21-4)18-9-10(2)6-7-12(18)17-11/h6-7,9,13H,5,8H2,1-4H3,(H,16,19). The number of aromatic nitrogens is 2. The molecule has 0 unspecified atom stereocenters. The summed E-state index contributed by atoms with van der Waals surface area (Å²) in [6.45, 7) is 4.26. The number of hydrogen-bond acceptors (Lipinski definition) is 4. The summed E-state index contributed by atoms with van der Waals surface area (Å²) < 4.78 is 12.0. The average molecular weight is 291 g/mol. The van der Waals surface area contributed by atoms with Crippen LogP contribution in [0.3, 0.4) is 0 Å². The molecule has 2 aromatic heterocycles. The molecule has 0 radical (unpaired) electrons. The predicted molar refractivity (Wildman–Crippen MR) is 79.4 cm³/mol. The molecule has 1 N–H and O–H groups in total. The SMILES string of the molecule is CCc1nc2ccc(C)cn2c1C(=O)NCC(OC)OC. The van der Waals surface area contributed by atoms with Crippen molar-refractivity contribution >= 4 is 11.6 Å². The van der Waals surface area contributed by atoms with E-state index in [0.29, 0.717) is 12.1 Å². The maximum absolute atomic E-state index is 12.5. The Morgan fingerprint density at radius 2 is 2.10 bits per heavy atom. The Balaban J connectivity index is 2.31. The summed E-state index contributed by atoms with van der Waals surface area (Å²) in [7, 11) is 3.07. The van der Waals surface area contributed by atoms with Gasteiger partial charge in [0.1, 0.15) is 11.3 Å². The molecule has 0 aliphatic heterocycles. The first-order valence-electron chi connectivity index (χ1n) is 6.92. The van der Waals surface area contributed by atoms with E-state index in [0.717, 1.165) is 16.9 Å². The van der Waals surface area contributed by atoms with Crippen LogP contribution >= 0.6 is 0 Å². The molecule has 0 fully saturated rings. The van der Waals surface area contributed by atoms with Crippen LogP contribution in [-0.2, 0) is 15.9 Å². The smallest absolute Gasteiger partial charge is 0.270 e. The van der Waals surface area contributed by atoms with E-state index < -0.39 is 6.29 Å². The normalized spacial score (nSPS) is 11.3. The Labute approximate surface area is 124 Å². The number of hydrogen-bond donors (Lipinski definition) is 1. The molecule has 2 aromatic rings. The first-order valence-corrected chi connectivity index (χ1v) is 6.92. The number of methoxy groups -OCH3 is 2. The molecule has 2 rings (SSSR count). The van der Waals surface area contributed by atoms with Gasteiger partial charge in [0.2, 0.25) is 0 Å². The van der Waals surface area contributed by atoms with Gasteiger partial charge in [0, 0.05) is 20.4 Å². The zero-order chi connectivity index (χ0) is 15.4. The zero-order valence-electron chi connectivity index (χ0n) is 12.8. The van der Waals surface area contributed by atoms with Gasteiger partial charge in [-0.15, -0.1) is 0 Å². The minimum Gasteiger partial charge on any atom is -0.354 e. The monoisotopic (exact) mass is 291 g/mol. The molecule has 1 amide bonds. The van der Waals surface area contributed by atoms with Crippen molar-refractivity contribution in [2.24, 2.45) is 0 Å². The number of nitrogens with one attached hydrogen (secondary N) is 1. The highest BCUT2D eigenvalue weighted by Gasteiger charge is 2.19. The number of pyridine rings is 1. The van der Waals surface area contributed by atoms with Crippen molar-refractivity contribution in [2.45, 2.75) is 26.6 Å². The molecule has 0 atom stereocenters. The number of imidazole rings is 1. The molecule has 0 aromatic carbocycles. The van der Waals surface area contributed by atoms with Crippen LogP contribution in [0, 0.1) is 6.92 Å². The second kappa shape index (κ2) is 6.69. The fourth-order valence-electron chi connectivity index (χ4n) is 2.21. The number of carbonyl (C=O) groups excluding carboxylic acids is 1. The molecule has 6 heteroatoms. The van der Waals surface area contributed by atoms with Gasteiger partial charge in [-0.2, -0.15) is 0 Å². The van der Waals surface area contributed by atoms with Crippen molar-refractivity contribution in [3.63, 3.8) is 0 Å². The van der Waals surface area contributed by atoms with E-state index in [1.54, 1.807) is 0 Å². The summed E-state index contributed by atoms with van der Waals surface area (Å²) in [6.07, 6.45) is 2.15. The zero-order valence-corrected chi connectivity index (χ0v) is 12.8. The largest absolute Gasteiger partial charge is 0.354 e. The van der Waals surface area contributed by atoms with Crippen molar-refractivity contribution in [1.82, 2.24) is 14.7 Å². The van der Waals surface area contributed by atoms with Crippen LogP contribution in [0.25, 0.3) is 5.65 Å². The van der Waals surface area contributed by atoms with E-state index in [1.165, 1.54) is 14.2 Å². The van der Waals surface area contributed by atoms with Gasteiger partial charge in [0.25, 0.3) is 5.91 Å². The molecular weight excluding hydrogens is 270 g/mol. The lowest BCUT2D eigenvalue weighted by molar-refractivity contribution is -0.0974. The van der Waals surface area contributed by atoms with Crippen LogP contribution < -0.4 is 5.32 Å². The van der Waals surface area contributed by atoms with Crippen molar-refractivity contribution in [3.8, 4) is 0 Å². The Kier molecular flexibility index (Phi) is 4.93. The molecule has 0 spiro atoms. The highest BCUT2D eigenvalue weighted by molar-refractivity contribution is 5.94. The van der Waals surface area contributed by atoms with Crippen LogP contribution in [-0.4, -0.2) is 42.3 Å². The van der Waals surface area contributed by atoms with Crippen molar-refractivity contribution < 1.29 is 14.3 Å². The molecule has 0 aliphatic rings. The van der Waals surface area contributed by atoms with Crippen molar-refractivity contribution in [3.05, 3.63) is 35.3 Å². The topological polar surface area (TPSA) is 64.9 Å². The number of amides is 1. The Hall–Kier alpha value is -1.92. The van der Waals surface area contributed by atoms with Crippen molar-refractivity contribution in [2.75, 3.05) is 20.8 Å². The lowest BCUT2D eigenvalue weighted by atomic mass is 10.2. The Morgan fingerprint density at radius 3 is 2.71 bits per heavy atom. The number of fused-ring (bicyclic) bond motifs is 1. The van der Waals surface area contributed by atoms with Gasteiger partial charge >= 0.3 is 0 Å². The van der Waals surface area contributed by atoms with Crippen LogP contribution in [0.15, 0.2) is 18.3 Å². The van der Waals surface area contributed by atoms with Crippen LogP contribution in [0.5, 0.6) is 0 Å². The highest BCUT2D eigenvalue weighted by atomic mass is 16.7. The van der Waals surface area contributed by atoms with E-state index >= 15 is 0 Å². The Bertz CT molecular complexity index is 632. The van der Waals surface area contributed by atoms with Gasteiger partial charge in [-0.25, -0.2) is 4.98 Å². The molecule has 0 bridgehead atoms. The average Bonchev–Trinajstić information content (AvgIpc) is 2.85. The lowest BCUT2D eigenvalue weighted by Gasteiger charge is -2.14. The van der Waals surface area contributed by atoms with Crippen LogP contribution in [0.2, 0.25) is 0 Å². The van der Waals surface area contributed by atoms with E-state index in [4.69, 9.17) is 9.47 Å². The summed E-state index contributed by atoms with van der Waals surface area (Å²) in [6, 6.07) is 3.90. The molecule has 0 saturated heterocycles. The van der Waals surface area contributed by atoms with E-state index in [1.807, 2.05) is 36.6 Å². The van der Waals surface area contributed by atoms with Gasteiger partial charge in [0.05, 0.1) is 12.2 Å². The first kappa shape index (κ1) is 15.5. The van der Waals surface area contributed by atoms with Gasteiger partial charge in [-0.1, -0.05) is 13.0 Å². The summed E-state index contributed by atoms with van der Waals surface area (Å²) in [5.74, 6) is -0.177. The van der Waals surface area contributed by atoms with Gasteiger partial charge in [-0.3, -0.25) is 9.20 Å². The highest BCUT2D eigenvalue weighted by Crippen LogP contribution is 2.14. The second-order valence-electron chi connectivity index (χ2n) is 4.81. The third kappa shape index (κ3) is 3.22. The summed E-state index contributed by atoms with van der Waals surface area (Å²) in [5, 5.41) is 2.82. The number of nitrogens with zero attached hydrogens (tertiary/aromatic N) is 2. The van der Waals surface area contributed by atoms with E-state index in [2.05, 4.69) is 10.3 Å². The summed E-state index contributed by atoms with van der Waals surface area (Å²) >= 11 is 0. The predicted octanol–water partition coefficient (Wildman–Crippen LogP) is 1.55.